The first-order valence-corrected chi connectivity index (χ1v) is 6.22. The van der Waals surface area contributed by atoms with E-state index in [-0.39, 0.29) is 17.4 Å². The lowest BCUT2D eigenvalue weighted by Crippen LogP contribution is -2.25. The molecule has 0 fully saturated rings. The molecular formula is C15H14N2O2. The first-order valence-electron chi connectivity index (χ1n) is 6.22. The van der Waals surface area contributed by atoms with Crippen molar-refractivity contribution in [2.45, 2.75) is 5.92 Å². The Kier molecular flexibility index (Phi) is 2.71. The van der Waals surface area contributed by atoms with Crippen molar-refractivity contribution in [1.82, 2.24) is 0 Å². The Hall–Kier alpha value is -2.36. The molecule has 1 aliphatic heterocycles. The third-order valence-corrected chi connectivity index (χ3v) is 3.68. The first kappa shape index (κ1) is 11.7. The van der Waals surface area contributed by atoms with Gasteiger partial charge in [-0.25, -0.2) is 0 Å². The summed E-state index contributed by atoms with van der Waals surface area (Å²) in [7, 11) is 2.00. The third kappa shape index (κ3) is 1.85. The standard InChI is InChI=1S/C15H14N2O2/c1-16-14-8-4-2-6-11(14)13(10-17(18)19)12-7-3-5-9-15(12)16/h2-9,13H,10H2,1H3. The number of benzene rings is 2. The summed E-state index contributed by atoms with van der Waals surface area (Å²) >= 11 is 0. The molecule has 1 heterocycles. The van der Waals surface area contributed by atoms with Crippen LogP contribution in [0.2, 0.25) is 0 Å². The van der Waals surface area contributed by atoms with E-state index in [9.17, 15) is 10.1 Å². The van der Waals surface area contributed by atoms with Crippen molar-refractivity contribution in [1.29, 1.82) is 0 Å². The normalized spacial score (nSPS) is 13.8. The van der Waals surface area contributed by atoms with Gasteiger partial charge < -0.3 is 4.90 Å². The van der Waals surface area contributed by atoms with Crippen LogP contribution in [0.1, 0.15) is 17.0 Å². The zero-order chi connectivity index (χ0) is 13.4. The molecular weight excluding hydrogens is 240 g/mol. The zero-order valence-corrected chi connectivity index (χ0v) is 10.6. The van der Waals surface area contributed by atoms with Crippen molar-refractivity contribution < 1.29 is 4.92 Å². The Morgan fingerprint density at radius 1 is 1.05 bits per heavy atom. The van der Waals surface area contributed by atoms with E-state index in [1.807, 2.05) is 55.6 Å². The lowest BCUT2D eigenvalue weighted by atomic mass is 9.85. The highest BCUT2D eigenvalue weighted by molar-refractivity contribution is 5.75. The Morgan fingerprint density at radius 2 is 1.53 bits per heavy atom. The quantitative estimate of drug-likeness (QED) is 0.610. The highest BCUT2D eigenvalue weighted by Crippen LogP contribution is 2.44. The second-order valence-corrected chi connectivity index (χ2v) is 4.74. The molecule has 0 unspecified atom stereocenters. The van der Waals surface area contributed by atoms with Crippen molar-refractivity contribution in [2.75, 3.05) is 18.5 Å². The van der Waals surface area contributed by atoms with E-state index >= 15 is 0 Å². The Balaban J connectivity index is 2.20. The molecule has 0 N–H and O–H groups in total. The molecule has 0 aliphatic carbocycles. The van der Waals surface area contributed by atoms with Gasteiger partial charge in [-0.15, -0.1) is 0 Å². The van der Waals surface area contributed by atoms with Gasteiger partial charge in [-0.2, -0.15) is 0 Å². The molecule has 4 heteroatoms. The molecule has 0 saturated carbocycles. The van der Waals surface area contributed by atoms with Crippen molar-refractivity contribution >= 4 is 11.4 Å². The molecule has 19 heavy (non-hydrogen) atoms. The summed E-state index contributed by atoms with van der Waals surface area (Å²) in [5.41, 5.74) is 4.15. The fraction of sp³-hybridized carbons (Fsp3) is 0.200. The summed E-state index contributed by atoms with van der Waals surface area (Å²) in [5, 5.41) is 11.0. The number of anilines is 2. The number of fused-ring (bicyclic) bond motifs is 2. The largest absolute Gasteiger partial charge is 0.344 e. The average Bonchev–Trinajstić information content (AvgIpc) is 2.43. The van der Waals surface area contributed by atoms with Crippen LogP contribution in [0.15, 0.2) is 48.5 Å². The van der Waals surface area contributed by atoms with E-state index in [4.69, 9.17) is 0 Å². The third-order valence-electron chi connectivity index (χ3n) is 3.68. The summed E-state index contributed by atoms with van der Waals surface area (Å²) in [6, 6.07) is 15.8. The van der Waals surface area contributed by atoms with E-state index in [0.717, 1.165) is 22.5 Å². The fourth-order valence-electron chi connectivity index (χ4n) is 2.82. The van der Waals surface area contributed by atoms with Gasteiger partial charge in [0, 0.05) is 23.3 Å². The van der Waals surface area contributed by atoms with E-state index in [0.29, 0.717) is 0 Å². The second kappa shape index (κ2) is 4.39. The van der Waals surface area contributed by atoms with Gasteiger partial charge in [-0.3, -0.25) is 10.1 Å². The minimum absolute atomic E-state index is 0.0676. The SMILES string of the molecule is CN1c2ccccc2C(C[N+](=O)[O-])c2ccccc21. The van der Waals surface area contributed by atoms with Gasteiger partial charge in [-0.1, -0.05) is 36.4 Å². The average molecular weight is 254 g/mol. The van der Waals surface area contributed by atoms with Crippen molar-refractivity contribution in [3.8, 4) is 0 Å². The van der Waals surface area contributed by atoms with Gasteiger partial charge in [-0.05, 0) is 23.3 Å². The van der Waals surface area contributed by atoms with Gasteiger partial charge in [0.05, 0.1) is 5.92 Å². The summed E-state index contributed by atoms with van der Waals surface area (Å²) in [5.74, 6) is -0.168. The lowest BCUT2D eigenvalue weighted by Gasteiger charge is -2.33. The molecule has 0 aromatic heterocycles. The van der Waals surface area contributed by atoms with Crippen LogP contribution in [-0.2, 0) is 0 Å². The molecule has 0 radical (unpaired) electrons. The molecule has 2 aromatic carbocycles. The van der Waals surface area contributed by atoms with Crippen LogP contribution in [0.25, 0.3) is 0 Å². The number of rotatable bonds is 2. The van der Waals surface area contributed by atoms with Crippen LogP contribution in [-0.4, -0.2) is 18.5 Å². The lowest BCUT2D eigenvalue weighted by molar-refractivity contribution is -0.481. The number of hydrogen-bond donors (Lipinski definition) is 0. The number of nitro groups is 1. The maximum absolute atomic E-state index is 11.0. The maximum Gasteiger partial charge on any atom is 0.214 e. The highest BCUT2D eigenvalue weighted by Gasteiger charge is 2.31. The molecule has 0 amide bonds. The van der Waals surface area contributed by atoms with Gasteiger partial charge in [0.2, 0.25) is 6.54 Å². The van der Waals surface area contributed by atoms with Crippen LogP contribution in [0.5, 0.6) is 0 Å². The minimum Gasteiger partial charge on any atom is -0.344 e. The summed E-state index contributed by atoms with van der Waals surface area (Å²) < 4.78 is 0. The Labute approximate surface area is 111 Å². The van der Waals surface area contributed by atoms with Gasteiger partial charge in [0.1, 0.15) is 0 Å². The van der Waals surface area contributed by atoms with E-state index in [1.54, 1.807) is 0 Å². The monoisotopic (exact) mass is 254 g/mol. The van der Waals surface area contributed by atoms with Crippen molar-refractivity contribution in [3.05, 3.63) is 69.8 Å². The summed E-state index contributed by atoms with van der Waals surface area (Å²) in [6.07, 6.45) is 0. The van der Waals surface area contributed by atoms with Crippen LogP contribution in [0, 0.1) is 10.1 Å². The fourth-order valence-corrected chi connectivity index (χ4v) is 2.82. The van der Waals surface area contributed by atoms with E-state index in [2.05, 4.69) is 4.90 Å². The molecule has 0 saturated heterocycles. The second-order valence-electron chi connectivity index (χ2n) is 4.74. The van der Waals surface area contributed by atoms with Gasteiger partial charge in [0.15, 0.2) is 0 Å². The first-order chi connectivity index (χ1) is 9.18. The summed E-state index contributed by atoms with van der Waals surface area (Å²) in [4.78, 5) is 12.8. The highest BCUT2D eigenvalue weighted by atomic mass is 16.6. The predicted octanol–water partition coefficient (Wildman–Crippen LogP) is 3.18. The van der Waals surface area contributed by atoms with Crippen molar-refractivity contribution in [2.24, 2.45) is 0 Å². The summed E-state index contributed by atoms with van der Waals surface area (Å²) in [6.45, 7) is -0.0676. The molecule has 4 nitrogen and oxygen atoms in total. The molecule has 3 rings (SSSR count). The number of hydrogen-bond acceptors (Lipinski definition) is 3. The van der Waals surface area contributed by atoms with E-state index in [1.165, 1.54) is 0 Å². The molecule has 96 valence electrons. The number of para-hydroxylation sites is 2. The van der Waals surface area contributed by atoms with Gasteiger partial charge in [0.25, 0.3) is 0 Å². The molecule has 2 aromatic rings. The van der Waals surface area contributed by atoms with E-state index < -0.39 is 0 Å². The van der Waals surface area contributed by atoms with Crippen LogP contribution >= 0.6 is 0 Å². The molecule has 0 bridgehead atoms. The van der Waals surface area contributed by atoms with Crippen LogP contribution < -0.4 is 4.90 Å². The van der Waals surface area contributed by atoms with Gasteiger partial charge >= 0.3 is 0 Å². The number of nitrogens with zero attached hydrogens (tertiary/aromatic N) is 2. The maximum atomic E-state index is 11.0. The molecule has 0 atom stereocenters. The van der Waals surface area contributed by atoms with Crippen LogP contribution in [0.3, 0.4) is 0 Å². The zero-order valence-electron chi connectivity index (χ0n) is 10.6. The smallest absolute Gasteiger partial charge is 0.214 e. The van der Waals surface area contributed by atoms with Crippen molar-refractivity contribution in [3.63, 3.8) is 0 Å². The van der Waals surface area contributed by atoms with Crippen LogP contribution in [0.4, 0.5) is 11.4 Å². The Morgan fingerprint density at radius 3 is 2.00 bits per heavy atom. The molecule has 1 aliphatic rings. The predicted molar refractivity (Wildman–Crippen MR) is 74.7 cm³/mol. The topological polar surface area (TPSA) is 46.4 Å². The minimum atomic E-state index is -0.233. The molecule has 0 spiro atoms. The Bertz CT molecular complexity index is 592.